The van der Waals surface area contributed by atoms with Crippen molar-refractivity contribution >= 4 is 23.3 Å². The lowest BCUT2D eigenvalue weighted by Crippen LogP contribution is -2.25. The van der Waals surface area contributed by atoms with Crippen molar-refractivity contribution in [2.24, 2.45) is 5.73 Å². The van der Waals surface area contributed by atoms with Gasteiger partial charge in [0.15, 0.2) is 23.9 Å². The minimum absolute atomic E-state index is 0.131. The molecular formula is C21H20N8O3. The van der Waals surface area contributed by atoms with E-state index in [1.807, 2.05) is 32.0 Å². The Morgan fingerprint density at radius 2 is 2.06 bits per heavy atom. The van der Waals surface area contributed by atoms with Gasteiger partial charge in [0.2, 0.25) is 5.91 Å². The van der Waals surface area contributed by atoms with Crippen LogP contribution in [0.1, 0.15) is 35.0 Å². The Bertz CT molecular complexity index is 1370. The highest BCUT2D eigenvalue weighted by atomic mass is 16.5. The average molecular weight is 432 g/mol. The molecule has 0 saturated heterocycles. The fourth-order valence-corrected chi connectivity index (χ4v) is 3.97. The number of nitrogens with zero attached hydrogens (tertiary/aromatic N) is 6. The normalized spacial score (nSPS) is 15.4. The summed E-state index contributed by atoms with van der Waals surface area (Å²) in [5, 5.41) is 20.3. The first kappa shape index (κ1) is 19.7. The van der Waals surface area contributed by atoms with Crippen LogP contribution in [0, 0.1) is 13.8 Å². The molecule has 5 rings (SSSR count). The highest BCUT2D eigenvalue weighted by Gasteiger charge is 2.33. The summed E-state index contributed by atoms with van der Waals surface area (Å²) in [5.74, 6) is 1.34. The zero-order chi connectivity index (χ0) is 22.4. The Kier molecular flexibility index (Phi) is 4.58. The molecule has 11 nitrogen and oxygen atoms in total. The van der Waals surface area contributed by atoms with Crippen molar-refractivity contribution in [2.75, 3.05) is 11.9 Å². The molecule has 4 aromatic rings. The number of aryl methyl sites for hydroxylation is 2. The predicted octanol–water partition coefficient (Wildman–Crippen LogP) is 1.27. The summed E-state index contributed by atoms with van der Waals surface area (Å²) < 4.78 is 8.69. The Hall–Kier alpha value is -4.28. The number of primary amides is 1. The Morgan fingerprint density at radius 3 is 2.88 bits per heavy atom. The summed E-state index contributed by atoms with van der Waals surface area (Å²) >= 11 is 0. The third kappa shape index (κ3) is 3.33. The van der Waals surface area contributed by atoms with Crippen LogP contribution < -0.4 is 15.8 Å². The Morgan fingerprint density at radius 1 is 1.22 bits per heavy atom. The smallest absolute Gasteiger partial charge is 0.255 e. The number of rotatable bonds is 5. The first-order valence-electron chi connectivity index (χ1n) is 10.0. The number of aromatic nitrogens is 6. The van der Waals surface area contributed by atoms with Gasteiger partial charge in [-0.25, -0.2) is 0 Å². The van der Waals surface area contributed by atoms with E-state index in [0.717, 1.165) is 16.8 Å². The SMILES string of the molecule is Cc1nn(-c2ccc3nnc(C)n3n2)c2c1[C@@H](c1cccc(OCC(N)=O)c1)CC(=O)N2. The van der Waals surface area contributed by atoms with E-state index in [0.29, 0.717) is 28.9 Å². The molecule has 1 atom stereocenters. The second kappa shape index (κ2) is 7.45. The van der Waals surface area contributed by atoms with E-state index in [1.165, 1.54) is 0 Å². The second-order valence-electron chi connectivity index (χ2n) is 7.60. The summed E-state index contributed by atoms with van der Waals surface area (Å²) in [4.78, 5) is 23.7. The molecule has 2 amide bonds. The van der Waals surface area contributed by atoms with Gasteiger partial charge < -0.3 is 15.8 Å². The van der Waals surface area contributed by atoms with E-state index in [9.17, 15) is 9.59 Å². The fraction of sp³-hybridized carbons (Fsp3) is 0.238. The number of hydrogen-bond acceptors (Lipinski definition) is 7. The number of nitrogens with two attached hydrogens (primary N) is 1. The van der Waals surface area contributed by atoms with Crippen LogP contribution in [0.25, 0.3) is 11.5 Å². The highest BCUT2D eigenvalue weighted by Crippen LogP contribution is 2.40. The molecule has 1 aliphatic rings. The van der Waals surface area contributed by atoms with Crippen LogP contribution in [0.4, 0.5) is 5.82 Å². The van der Waals surface area contributed by atoms with Crippen LogP contribution in [0.3, 0.4) is 0 Å². The zero-order valence-electron chi connectivity index (χ0n) is 17.4. The van der Waals surface area contributed by atoms with E-state index >= 15 is 0 Å². The number of nitrogens with one attached hydrogen (secondary N) is 1. The predicted molar refractivity (Wildman–Crippen MR) is 114 cm³/mol. The van der Waals surface area contributed by atoms with E-state index < -0.39 is 5.91 Å². The standard InChI is InChI=1S/C21H20N8O3/c1-11-20-15(13-4-3-5-14(8-13)32-10-16(22)30)9-19(31)23-21(20)29(26-11)18-7-6-17-25-24-12(2)28(17)27-18/h3-8,15H,9-10H2,1-2H3,(H2,22,30)(H,23,31)/t15-/m1/s1. The minimum Gasteiger partial charge on any atom is -0.484 e. The van der Waals surface area contributed by atoms with Crippen molar-refractivity contribution in [3.05, 3.63) is 59.0 Å². The van der Waals surface area contributed by atoms with Crippen LogP contribution in [0.2, 0.25) is 0 Å². The van der Waals surface area contributed by atoms with E-state index in [2.05, 4.69) is 25.7 Å². The van der Waals surface area contributed by atoms with Gasteiger partial charge in [0.25, 0.3) is 5.91 Å². The van der Waals surface area contributed by atoms with E-state index in [1.54, 1.807) is 27.4 Å². The molecule has 0 radical (unpaired) electrons. The fourth-order valence-electron chi connectivity index (χ4n) is 3.97. The zero-order valence-corrected chi connectivity index (χ0v) is 17.4. The van der Waals surface area contributed by atoms with Crippen LogP contribution in [-0.4, -0.2) is 48.0 Å². The maximum atomic E-state index is 12.6. The van der Waals surface area contributed by atoms with Crippen molar-refractivity contribution in [1.29, 1.82) is 0 Å². The summed E-state index contributed by atoms with van der Waals surface area (Å²) in [6, 6.07) is 10.9. The molecule has 1 aromatic carbocycles. The van der Waals surface area contributed by atoms with Gasteiger partial charge in [-0.1, -0.05) is 12.1 Å². The largest absolute Gasteiger partial charge is 0.484 e. The number of anilines is 1. The maximum absolute atomic E-state index is 12.6. The highest BCUT2D eigenvalue weighted by molar-refractivity contribution is 5.95. The van der Waals surface area contributed by atoms with Crippen LogP contribution in [0.5, 0.6) is 5.75 Å². The van der Waals surface area contributed by atoms with Gasteiger partial charge in [-0.15, -0.1) is 15.3 Å². The second-order valence-corrected chi connectivity index (χ2v) is 7.60. The molecule has 0 saturated carbocycles. The molecule has 0 fully saturated rings. The molecule has 1 aliphatic heterocycles. The molecule has 0 unspecified atom stereocenters. The van der Waals surface area contributed by atoms with Gasteiger partial charge in [-0.2, -0.15) is 14.3 Å². The molecule has 162 valence electrons. The van der Waals surface area contributed by atoms with Gasteiger partial charge in [-0.05, 0) is 43.7 Å². The number of hydrogen-bond donors (Lipinski definition) is 2. The van der Waals surface area contributed by atoms with Crippen molar-refractivity contribution in [3.63, 3.8) is 0 Å². The first-order chi connectivity index (χ1) is 15.4. The third-order valence-corrected chi connectivity index (χ3v) is 5.37. The molecule has 0 bridgehead atoms. The number of carbonyl (C=O) groups excluding carboxylic acids is 2. The number of amides is 2. The van der Waals surface area contributed by atoms with Crippen molar-refractivity contribution in [1.82, 2.24) is 29.6 Å². The molecule has 32 heavy (non-hydrogen) atoms. The molecule has 3 aromatic heterocycles. The van der Waals surface area contributed by atoms with Gasteiger partial charge in [0, 0.05) is 17.9 Å². The molecule has 11 heteroatoms. The summed E-state index contributed by atoms with van der Waals surface area (Å²) in [6.45, 7) is 3.50. The van der Waals surface area contributed by atoms with Gasteiger partial charge in [0.05, 0.1) is 5.69 Å². The molecule has 3 N–H and O–H groups in total. The summed E-state index contributed by atoms with van der Waals surface area (Å²) in [5.41, 5.74) is 8.35. The molecule has 4 heterocycles. The first-order valence-corrected chi connectivity index (χ1v) is 10.0. The number of ether oxygens (including phenoxy) is 1. The number of fused-ring (bicyclic) bond motifs is 2. The topological polar surface area (TPSA) is 142 Å². The monoisotopic (exact) mass is 432 g/mol. The Balaban J connectivity index is 1.58. The van der Waals surface area contributed by atoms with E-state index in [-0.39, 0.29) is 24.9 Å². The van der Waals surface area contributed by atoms with Crippen molar-refractivity contribution < 1.29 is 14.3 Å². The minimum atomic E-state index is -0.556. The van der Waals surface area contributed by atoms with Crippen LogP contribution in [-0.2, 0) is 9.59 Å². The van der Waals surface area contributed by atoms with E-state index in [4.69, 9.17) is 10.5 Å². The van der Waals surface area contributed by atoms with Crippen molar-refractivity contribution in [2.45, 2.75) is 26.2 Å². The number of benzene rings is 1. The quantitative estimate of drug-likeness (QED) is 0.483. The molecule has 0 aliphatic carbocycles. The van der Waals surface area contributed by atoms with Crippen LogP contribution in [0.15, 0.2) is 36.4 Å². The van der Waals surface area contributed by atoms with Gasteiger partial charge in [0.1, 0.15) is 11.6 Å². The average Bonchev–Trinajstić information content (AvgIpc) is 3.31. The summed E-state index contributed by atoms with van der Waals surface area (Å²) in [6.07, 6.45) is 0.260. The van der Waals surface area contributed by atoms with Crippen molar-refractivity contribution in [3.8, 4) is 11.6 Å². The lowest BCUT2D eigenvalue weighted by atomic mass is 9.86. The third-order valence-electron chi connectivity index (χ3n) is 5.37. The molecular weight excluding hydrogens is 412 g/mol. The molecule has 0 spiro atoms. The number of carbonyl (C=O) groups is 2. The Labute approximate surface area is 182 Å². The lowest BCUT2D eigenvalue weighted by molar-refractivity contribution is -0.120. The maximum Gasteiger partial charge on any atom is 0.255 e. The van der Waals surface area contributed by atoms with Crippen LogP contribution >= 0.6 is 0 Å². The van der Waals surface area contributed by atoms with Gasteiger partial charge in [-0.3, -0.25) is 9.59 Å². The van der Waals surface area contributed by atoms with Gasteiger partial charge >= 0.3 is 0 Å². The summed E-state index contributed by atoms with van der Waals surface area (Å²) in [7, 11) is 0. The lowest BCUT2D eigenvalue weighted by Gasteiger charge is -2.24.